The van der Waals surface area contributed by atoms with E-state index in [4.69, 9.17) is 0 Å². The average Bonchev–Trinajstić information content (AvgIpc) is 2.96. The highest BCUT2D eigenvalue weighted by atomic mass is 19.1. The Morgan fingerprint density at radius 2 is 1.77 bits per heavy atom. The number of benzene rings is 3. The third kappa shape index (κ3) is 3.69. The normalized spacial score (nSPS) is 17.5. The predicted octanol–water partition coefficient (Wildman–Crippen LogP) is 3.74. The molecule has 1 aliphatic heterocycles. The third-order valence-electron chi connectivity index (χ3n) is 5.29. The highest BCUT2D eigenvalue weighted by molar-refractivity contribution is 6.10. The Morgan fingerprint density at radius 3 is 2.45 bits per heavy atom. The zero-order valence-electron chi connectivity index (χ0n) is 16.2. The van der Waals surface area contributed by atoms with Crippen molar-refractivity contribution in [3.63, 3.8) is 0 Å². The van der Waals surface area contributed by atoms with Gasteiger partial charge in [-0.05, 0) is 35.9 Å². The van der Waals surface area contributed by atoms with Crippen LogP contribution in [0.2, 0.25) is 0 Å². The summed E-state index contributed by atoms with van der Waals surface area (Å²) in [6.45, 7) is 0.0294. The number of aliphatic hydroxyl groups is 1. The van der Waals surface area contributed by atoms with Gasteiger partial charge in [-0.15, -0.1) is 0 Å². The zero-order chi connectivity index (χ0) is 22.2. The lowest BCUT2D eigenvalue weighted by atomic mass is 9.88. The minimum absolute atomic E-state index is 0.0294. The molecule has 7 nitrogen and oxygen atoms in total. The minimum atomic E-state index is -2.09. The molecule has 1 amide bonds. The largest absolute Gasteiger partial charge is 0.375 e. The van der Waals surface area contributed by atoms with E-state index < -0.39 is 34.5 Å². The summed E-state index contributed by atoms with van der Waals surface area (Å²) in [5.74, 6) is -1.66. The summed E-state index contributed by atoms with van der Waals surface area (Å²) in [7, 11) is 0. The van der Waals surface area contributed by atoms with Crippen molar-refractivity contribution < 1.29 is 24.0 Å². The number of nitro benzene ring substituents is 1. The Bertz CT molecular complexity index is 1190. The fourth-order valence-corrected chi connectivity index (χ4v) is 3.76. The molecule has 0 aliphatic carbocycles. The lowest BCUT2D eigenvalue weighted by Crippen LogP contribution is -2.41. The van der Waals surface area contributed by atoms with Gasteiger partial charge in [0.05, 0.1) is 23.6 Å². The van der Waals surface area contributed by atoms with E-state index in [1.54, 1.807) is 30.3 Å². The van der Waals surface area contributed by atoms with Crippen LogP contribution in [-0.4, -0.2) is 21.7 Å². The summed E-state index contributed by atoms with van der Waals surface area (Å²) in [5, 5.41) is 22.1. The molecule has 0 unspecified atom stereocenters. The molecule has 1 atom stereocenters. The molecule has 3 aromatic carbocycles. The molecule has 1 N–H and O–H groups in total. The van der Waals surface area contributed by atoms with Gasteiger partial charge in [-0.25, -0.2) is 4.39 Å². The number of nitrogens with zero attached hydrogens (tertiary/aromatic N) is 2. The second kappa shape index (κ2) is 7.73. The van der Waals surface area contributed by atoms with Crippen molar-refractivity contribution in [2.75, 3.05) is 4.90 Å². The van der Waals surface area contributed by atoms with Crippen molar-refractivity contribution >= 4 is 23.1 Å². The van der Waals surface area contributed by atoms with Crippen LogP contribution >= 0.6 is 0 Å². The van der Waals surface area contributed by atoms with Gasteiger partial charge in [0, 0.05) is 23.3 Å². The maximum atomic E-state index is 13.6. The third-order valence-corrected chi connectivity index (χ3v) is 5.29. The average molecular weight is 420 g/mol. The number of rotatable bonds is 6. The minimum Gasteiger partial charge on any atom is -0.375 e. The number of halogens is 1. The van der Waals surface area contributed by atoms with Crippen LogP contribution in [0.4, 0.5) is 15.8 Å². The van der Waals surface area contributed by atoms with Crippen molar-refractivity contribution in [3.8, 4) is 0 Å². The van der Waals surface area contributed by atoms with Crippen LogP contribution < -0.4 is 4.90 Å². The monoisotopic (exact) mass is 420 g/mol. The Balaban J connectivity index is 1.64. The number of amides is 1. The highest BCUT2D eigenvalue weighted by Gasteiger charge is 2.50. The molecular formula is C23H17FN2O5. The van der Waals surface area contributed by atoms with Crippen molar-refractivity contribution in [3.05, 3.63) is 105 Å². The van der Waals surface area contributed by atoms with Gasteiger partial charge in [0.2, 0.25) is 0 Å². The molecule has 0 fully saturated rings. The number of fused-ring (bicyclic) bond motifs is 1. The quantitative estimate of drug-likeness (QED) is 0.372. The number of carbonyl (C=O) groups is 2. The van der Waals surface area contributed by atoms with Gasteiger partial charge in [0.1, 0.15) is 5.82 Å². The summed E-state index contributed by atoms with van der Waals surface area (Å²) in [6, 6.07) is 17.3. The topological polar surface area (TPSA) is 101 Å². The van der Waals surface area contributed by atoms with Gasteiger partial charge in [-0.3, -0.25) is 19.7 Å². The molecule has 0 aromatic heterocycles. The Hall–Kier alpha value is -3.91. The number of anilines is 1. The maximum absolute atomic E-state index is 13.6. The van der Waals surface area contributed by atoms with Crippen LogP contribution in [0.5, 0.6) is 0 Å². The summed E-state index contributed by atoms with van der Waals surface area (Å²) >= 11 is 0. The first kappa shape index (κ1) is 20.4. The van der Waals surface area contributed by atoms with E-state index in [1.165, 1.54) is 47.4 Å². The molecule has 1 heterocycles. The SMILES string of the molecule is O=C(C[C@]1(O)C(=O)N(Cc2cccc(F)c2)c2ccccc21)c1ccc([N+](=O)[O-])cc1. The molecule has 1 aliphatic rings. The first-order chi connectivity index (χ1) is 14.8. The molecule has 31 heavy (non-hydrogen) atoms. The van der Waals surface area contributed by atoms with Gasteiger partial charge >= 0.3 is 0 Å². The van der Waals surface area contributed by atoms with Gasteiger partial charge in [-0.2, -0.15) is 0 Å². The lowest BCUT2D eigenvalue weighted by molar-refractivity contribution is -0.384. The second-order valence-corrected chi connectivity index (χ2v) is 7.30. The first-order valence-corrected chi connectivity index (χ1v) is 9.45. The van der Waals surface area contributed by atoms with Crippen molar-refractivity contribution in [2.45, 2.75) is 18.6 Å². The molecule has 8 heteroatoms. The Labute approximate surface area is 176 Å². The lowest BCUT2D eigenvalue weighted by Gasteiger charge is -2.23. The zero-order valence-corrected chi connectivity index (χ0v) is 16.2. The molecule has 0 bridgehead atoms. The van der Waals surface area contributed by atoms with Crippen molar-refractivity contribution in [2.24, 2.45) is 0 Å². The Morgan fingerprint density at radius 1 is 1.06 bits per heavy atom. The number of hydrogen-bond donors (Lipinski definition) is 1. The number of nitro groups is 1. The highest BCUT2D eigenvalue weighted by Crippen LogP contribution is 2.43. The predicted molar refractivity (Wildman–Crippen MR) is 110 cm³/mol. The van der Waals surface area contributed by atoms with Crippen LogP contribution in [0.3, 0.4) is 0 Å². The molecule has 4 rings (SSSR count). The smallest absolute Gasteiger partial charge is 0.269 e. The van der Waals surface area contributed by atoms with Crippen molar-refractivity contribution in [1.29, 1.82) is 0 Å². The van der Waals surface area contributed by atoms with Crippen LogP contribution in [0.15, 0.2) is 72.8 Å². The van der Waals surface area contributed by atoms with Gasteiger partial charge < -0.3 is 10.0 Å². The van der Waals surface area contributed by atoms with E-state index in [0.29, 0.717) is 11.3 Å². The summed E-state index contributed by atoms with van der Waals surface area (Å²) in [4.78, 5) is 37.6. The van der Waals surface area contributed by atoms with Crippen LogP contribution in [0.1, 0.15) is 27.9 Å². The molecule has 0 saturated carbocycles. The Kier molecular flexibility index (Phi) is 5.08. The summed E-state index contributed by atoms with van der Waals surface area (Å²) in [5.41, 5.74) is -0.855. The van der Waals surface area contributed by atoms with Gasteiger partial charge in [0.15, 0.2) is 11.4 Å². The summed E-state index contributed by atoms with van der Waals surface area (Å²) < 4.78 is 13.6. The maximum Gasteiger partial charge on any atom is 0.269 e. The fourth-order valence-electron chi connectivity index (χ4n) is 3.76. The molecular weight excluding hydrogens is 403 g/mol. The number of hydrogen-bond acceptors (Lipinski definition) is 5. The van der Waals surface area contributed by atoms with Crippen LogP contribution in [-0.2, 0) is 16.9 Å². The van der Waals surface area contributed by atoms with Crippen molar-refractivity contribution in [1.82, 2.24) is 0 Å². The molecule has 0 spiro atoms. The van der Waals surface area contributed by atoms with Gasteiger partial charge in [0.25, 0.3) is 11.6 Å². The van der Waals surface area contributed by atoms with E-state index in [0.717, 1.165) is 0 Å². The van der Waals surface area contributed by atoms with Gasteiger partial charge in [-0.1, -0.05) is 30.3 Å². The van der Waals surface area contributed by atoms with Crippen LogP contribution in [0, 0.1) is 15.9 Å². The molecule has 156 valence electrons. The number of non-ortho nitro benzene ring substituents is 1. The number of carbonyl (C=O) groups excluding carboxylic acids is 2. The van der Waals surface area contributed by atoms with E-state index in [2.05, 4.69) is 0 Å². The standard InChI is InChI=1S/C23H17FN2O5/c24-17-5-3-4-15(12-17)14-25-20-7-2-1-6-19(20)23(29,22(25)28)13-21(27)16-8-10-18(11-9-16)26(30)31/h1-12,29H,13-14H2/t23-/m1/s1. The number of Topliss-reactive ketones (excluding diaryl/α,β-unsaturated/α-hetero) is 1. The number of ketones is 1. The first-order valence-electron chi connectivity index (χ1n) is 9.45. The molecule has 0 radical (unpaired) electrons. The van der Waals surface area contributed by atoms with Crippen LogP contribution in [0.25, 0.3) is 0 Å². The van der Waals surface area contributed by atoms with E-state index in [1.807, 2.05) is 0 Å². The number of para-hydroxylation sites is 1. The van der Waals surface area contributed by atoms with E-state index >= 15 is 0 Å². The molecule has 0 saturated heterocycles. The summed E-state index contributed by atoms with van der Waals surface area (Å²) in [6.07, 6.45) is -0.527. The van der Waals surface area contributed by atoms with E-state index in [-0.39, 0.29) is 23.4 Å². The second-order valence-electron chi connectivity index (χ2n) is 7.30. The van der Waals surface area contributed by atoms with E-state index in [9.17, 15) is 29.2 Å². The fraction of sp³-hybridized carbons (Fsp3) is 0.130. The molecule has 3 aromatic rings.